The summed E-state index contributed by atoms with van der Waals surface area (Å²) in [6.07, 6.45) is 0.546. The maximum Gasteiger partial charge on any atom is 0.269 e. The number of hydrogen-bond acceptors (Lipinski definition) is 7. The van der Waals surface area contributed by atoms with Crippen molar-refractivity contribution >= 4 is 46.4 Å². The van der Waals surface area contributed by atoms with E-state index in [0.29, 0.717) is 44.5 Å². The first-order valence-electron chi connectivity index (χ1n) is 17.5. The topological polar surface area (TPSA) is 146 Å². The van der Waals surface area contributed by atoms with Gasteiger partial charge in [0, 0.05) is 11.1 Å². The molecular formula is C42H40Cl2F2N6O5. The number of nitrogens with zero attached hydrogens (tertiary/aromatic N) is 4. The Kier molecular flexibility index (Phi) is 14.3. The van der Waals surface area contributed by atoms with Crippen LogP contribution in [0.4, 0.5) is 20.2 Å². The quantitative estimate of drug-likeness (QED) is 0.0812. The van der Waals surface area contributed by atoms with Crippen molar-refractivity contribution in [1.82, 2.24) is 21.0 Å². The fourth-order valence-corrected chi connectivity index (χ4v) is 6.20. The lowest BCUT2D eigenvalue weighted by Crippen LogP contribution is -2.50. The van der Waals surface area contributed by atoms with E-state index in [1.54, 1.807) is 51.1 Å². The minimum absolute atomic E-state index is 0.144. The molecule has 0 aliphatic rings. The molecule has 0 fully saturated rings. The van der Waals surface area contributed by atoms with Crippen molar-refractivity contribution in [2.45, 2.75) is 71.5 Å². The van der Waals surface area contributed by atoms with E-state index in [1.165, 1.54) is 38.1 Å². The molecule has 0 unspecified atom stereocenters. The average molecular weight is 818 g/mol. The molecule has 5 rings (SSSR count). The van der Waals surface area contributed by atoms with Crippen LogP contribution < -0.4 is 10.9 Å². The van der Waals surface area contributed by atoms with Crippen LogP contribution >= 0.6 is 23.2 Å². The fourth-order valence-electron chi connectivity index (χ4n) is 5.74. The summed E-state index contributed by atoms with van der Waals surface area (Å²) < 4.78 is 31.9. The molecule has 2 atom stereocenters. The Bertz CT molecular complexity index is 2320. The highest BCUT2D eigenvalue weighted by Crippen LogP contribution is 2.37. The van der Waals surface area contributed by atoms with E-state index in [4.69, 9.17) is 40.8 Å². The molecule has 0 saturated heterocycles. The Morgan fingerprint density at radius 1 is 0.754 bits per heavy atom. The molecule has 5 aromatic rings. The van der Waals surface area contributed by atoms with Crippen LogP contribution in [-0.4, -0.2) is 43.4 Å². The SMILES string of the molecule is [C-]#[N+]c1ccc(C[C@@H](C(=O)NNC(=O)c2ccc(F)cc2)C(C)(C)O)c(C)c1Cl.[C-]#[N+]c1ccc(C[C@@H](c2nnc(-c3ccc(F)cc3)o2)C(C)(C)O)c(C)c1Cl. The first-order chi connectivity index (χ1) is 26.7. The molecule has 0 aliphatic heterocycles. The molecular weight excluding hydrogens is 777 g/mol. The van der Waals surface area contributed by atoms with Gasteiger partial charge in [0.2, 0.25) is 29.1 Å². The maximum atomic E-state index is 13.1. The van der Waals surface area contributed by atoms with Gasteiger partial charge in [-0.05, 0) is 125 Å². The molecule has 11 nitrogen and oxygen atoms in total. The second-order valence-corrected chi connectivity index (χ2v) is 15.1. The van der Waals surface area contributed by atoms with Crippen LogP contribution in [0.15, 0.2) is 77.2 Å². The van der Waals surface area contributed by atoms with E-state index in [1.807, 2.05) is 13.0 Å². The first kappa shape index (κ1) is 44.0. The Hall–Kier alpha value is -5.70. The summed E-state index contributed by atoms with van der Waals surface area (Å²) >= 11 is 12.5. The number of carbonyl (C=O) groups is 2. The van der Waals surface area contributed by atoms with Crippen LogP contribution in [-0.2, 0) is 17.6 Å². The van der Waals surface area contributed by atoms with Gasteiger partial charge in [-0.25, -0.2) is 18.5 Å². The van der Waals surface area contributed by atoms with Crippen molar-refractivity contribution in [3.05, 3.63) is 151 Å². The first-order valence-corrected chi connectivity index (χ1v) is 18.2. The lowest BCUT2D eigenvalue weighted by molar-refractivity contribution is -0.133. The van der Waals surface area contributed by atoms with E-state index in [-0.39, 0.29) is 29.6 Å². The summed E-state index contributed by atoms with van der Waals surface area (Å²) in [4.78, 5) is 31.5. The van der Waals surface area contributed by atoms with Crippen molar-refractivity contribution in [1.29, 1.82) is 0 Å². The predicted molar refractivity (Wildman–Crippen MR) is 213 cm³/mol. The van der Waals surface area contributed by atoms with Crippen molar-refractivity contribution in [2.75, 3.05) is 0 Å². The van der Waals surface area contributed by atoms with E-state index in [2.05, 4.69) is 30.7 Å². The fraction of sp³-hybridized carbons (Fsp3) is 0.286. The highest BCUT2D eigenvalue weighted by molar-refractivity contribution is 6.34. The highest BCUT2D eigenvalue weighted by Gasteiger charge is 2.35. The number of carbonyl (C=O) groups excluding carboxylic acids is 2. The summed E-state index contributed by atoms with van der Waals surface area (Å²) in [5, 5.41) is 30.1. The number of aromatic nitrogens is 2. The molecule has 4 aromatic carbocycles. The molecule has 0 aliphatic carbocycles. The number of rotatable bonds is 10. The average Bonchev–Trinajstić information content (AvgIpc) is 3.64. The van der Waals surface area contributed by atoms with Crippen LogP contribution in [0.1, 0.15) is 72.1 Å². The van der Waals surface area contributed by atoms with Gasteiger partial charge in [0.05, 0.1) is 46.2 Å². The number of hydrogen-bond donors (Lipinski definition) is 4. The van der Waals surface area contributed by atoms with Crippen molar-refractivity contribution in [3.63, 3.8) is 0 Å². The summed E-state index contributed by atoms with van der Waals surface area (Å²) in [6, 6.07) is 17.3. The van der Waals surface area contributed by atoms with E-state index in [0.717, 1.165) is 23.3 Å². The Labute approximate surface area is 339 Å². The van der Waals surface area contributed by atoms with Crippen molar-refractivity contribution in [3.8, 4) is 11.5 Å². The Morgan fingerprint density at radius 3 is 1.72 bits per heavy atom. The molecule has 15 heteroatoms. The van der Waals surface area contributed by atoms with Crippen LogP contribution in [0.3, 0.4) is 0 Å². The summed E-state index contributed by atoms with van der Waals surface area (Å²) in [5.41, 5.74) is 6.49. The Morgan fingerprint density at radius 2 is 1.25 bits per heavy atom. The monoisotopic (exact) mass is 816 g/mol. The van der Waals surface area contributed by atoms with Gasteiger partial charge < -0.3 is 14.6 Å². The molecule has 4 N–H and O–H groups in total. The summed E-state index contributed by atoms with van der Waals surface area (Å²) in [5.74, 6) is -2.93. The molecule has 1 heterocycles. The lowest BCUT2D eigenvalue weighted by Gasteiger charge is -2.29. The second kappa shape index (κ2) is 18.5. The van der Waals surface area contributed by atoms with E-state index in [9.17, 15) is 28.6 Å². The van der Waals surface area contributed by atoms with Gasteiger partial charge in [-0.3, -0.25) is 20.4 Å². The van der Waals surface area contributed by atoms with Gasteiger partial charge in [0.1, 0.15) is 11.6 Å². The molecule has 0 radical (unpaired) electrons. The smallest absolute Gasteiger partial charge is 0.269 e. The van der Waals surface area contributed by atoms with Gasteiger partial charge in [-0.2, -0.15) is 0 Å². The highest BCUT2D eigenvalue weighted by atomic mass is 35.5. The number of nitrogens with one attached hydrogen (secondary N) is 2. The largest absolute Gasteiger partial charge is 0.420 e. The van der Waals surface area contributed by atoms with Crippen LogP contribution in [0, 0.1) is 44.5 Å². The molecule has 57 heavy (non-hydrogen) atoms. The minimum Gasteiger partial charge on any atom is -0.420 e. The number of amides is 2. The third-order valence-electron chi connectivity index (χ3n) is 9.30. The number of halogens is 4. The third kappa shape index (κ3) is 11.2. The summed E-state index contributed by atoms with van der Waals surface area (Å²) in [7, 11) is 0. The zero-order valence-electron chi connectivity index (χ0n) is 31.9. The zero-order chi connectivity index (χ0) is 42.2. The second-order valence-electron chi connectivity index (χ2n) is 14.3. The van der Waals surface area contributed by atoms with Gasteiger partial charge in [-0.15, -0.1) is 10.2 Å². The molecule has 0 saturated carbocycles. The predicted octanol–water partition coefficient (Wildman–Crippen LogP) is 9.21. The normalized spacial score (nSPS) is 12.3. The van der Waals surface area contributed by atoms with Crippen LogP contribution in [0.5, 0.6) is 0 Å². The van der Waals surface area contributed by atoms with Gasteiger partial charge in [0.15, 0.2) is 0 Å². The summed E-state index contributed by atoms with van der Waals surface area (Å²) in [6.45, 7) is 24.2. The van der Waals surface area contributed by atoms with Crippen molar-refractivity contribution < 1.29 is 33.0 Å². The van der Waals surface area contributed by atoms with Gasteiger partial charge >= 0.3 is 0 Å². The van der Waals surface area contributed by atoms with E-state index < -0.39 is 40.7 Å². The molecule has 0 bridgehead atoms. The lowest BCUT2D eigenvalue weighted by atomic mass is 9.84. The molecule has 0 spiro atoms. The van der Waals surface area contributed by atoms with Gasteiger partial charge in [0.25, 0.3) is 5.91 Å². The molecule has 2 amide bonds. The molecule has 296 valence electrons. The number of aliphatic hydroxyl groups is 2. The van der Waals surface area contributed by atoms with Crippen molar-refractivity contribution in [2.24, 2.45) is 5.92 Å². The van der Waals surface area contributed by atoms with Gasteiger partial charge in [-0.1, -0.05) is 47.5 Å². The maximum absolute atomic E-state index is 13.1. The number of hydrazine groups is 1. The third-order valence-corrected chi connectivity index (χ3v) is 10.3. The minimum atomic E-state index is -1.40. The molecule has 1 aromatic heterocycles. The number of benzene rings is 4. The van der Waals surface area contributed by atoms with E-state index >= 15 is 0 Å². The van der Waals surface area contributed by atoms with Crippen LogP contribution in [0.2, 0.25) is 10.0 Å². The standard InChI is InChI=1S/C21H21ClFN3O3.C21H19ClFN3O2/c1-12-14(7-10-17(24-4)18(12)22)11-16(21(2,3)29)20(28)26-25-19(27)13-5-8-15(23)9-6-13;1-12-14(7-10-17(24-4)18(12)22)11-16(21(2,3)27)20-26-25-19(28-20)13-5-8-15(23)9-6-13/h5-10,16,29H,11H2,1-3H3,(H,25,27)(H,26,28);5-10,16,27H,11H2,1-3H3/t2*16-/m00/s1. The van der Waals surface area contributed by atoms with Crippen LogP contribution in [0.25, 0.3) is 21.1 Å². The Balaban J connectivity index is 0.000000253. The zero-order valence-corrected chi connectivity index (χ0v) is 33.4.